The molecule has 6 N–H and O–H groups in total. The third-order valence-corrected chi connectivity index (χ3v) is 10.4. The number of ether oxygens (including phenoxy) is 1. The Kier molecular flexibility index (Phi) is 22.7. The Morgan fingerprint density at radius 3 is 2.15 bits per heavy atom. The summed E-state index contributed by atoms with van der Waals surface area (Å²) in [7, 11) is -2.45. The first-order valence-electron chi connectivity index (χ1n) is 20.1. The van der Waals surface area contributed by atoms with Crippen molar-refractivity contribution < 1.29 is 33.4 Å². The number of nitrogen functional groups attached to an aromatic ring is 1. The van der Waals surface area contributed by atoms with Crippen molar-refractivity contribution in [3.63, 3.8) is 0 Å². The average Bonchev–Trinajstić information content (AvgIpc) is 3.46. The third kappa shape index (κ3) is 18.0. The first-order valence-corrected chi connectivity index (χ1v) is 21.6. The molecular weight excluding hydrogens is 789 g/mol. The summed E-state index contributed by atoms with van der Waals surface area (Å²) in [5.41, 5.74) is 11.7. The summed E-state index contributed by atoms with van der Waals surface area (Å²) < 4.78 is 32.0. The lowest BCUT2D eigenvalue weighted by Gasteiger charge is -2.29. The molecule has 60 heavy (non-hydrogen) atoms. The number of allylic oxidation sites excluding steroid dienone is 12. The zero-order chi connectivity index (χ0) is 43.5. The molecule has 1 fully saturated rings. The van der Waals surface area contributed by atoms with Gasteiger partial charge in [0.2, 0.25) is 11.6 Å². The van der Waals surface area contributed by atoms with E-state index in [9.17, 15) is 29.9 Å². The molecule has 1 aromatic heterocycles. The summed E-state index contributed by atoms with van der Waals surface area (Å²) in [4.78, 5) is 33.1. The lowest BCUT2D eigenvalue weighted by atomic mass is 10.1. The van der Waals surface area contributed by atoms with Crippen LogP contribution in [0.25, 0.3) is 10.4 Å². The van der Waals surface area contributed by atoms with Crippen LogP contribution in [-0.4, -0.2) is 88.3 Å². The van der Waals surface area contributed by atoms with Crippen molar-refractivity contribution in [2.75, 3.05) is 45.6 Å². The molecule has 2 aromatic rings. The Morgan fingerprint density at radius 2 is 1.57 bits per heavy atom. The molecule has 0 bridgehead atoms. The molecule has 1 saturated heterocycles. The van der Waals surface area contributed by atoms with Crippen LogP contribution < -0.4 is 26.4 Å². The monoisotopic (exact) mass is 849 g/mol. The van der Waals surface area contributed by atoms with Crippen LogP contribution in [0.2, 0.25) is 0 Å². The molecule has 1 aliphatic heterocycles. The van der Waals surface area contributed by atoms with Crippen LogP contribution >= 0.6 is 7.75 Å². The van der Waals surface area contributed by atoms with Gasteiger partial charge in [-0.3, -0.25) is 13.9 Å². The number of para-hydroxylation sites is 1. The van der Waals surface area contributed by atoms with Crippen molar-refractivity contribution in [1.29, 1.82) is 0 Å². The van der Waals surface area contributed by atoms with Gasteiger partial charge < -0.3 is 35.4 Å². The zero-order valence-corrected chi connectivity index (χ0v) is 35.3. The lowest BCUT2D eigenvalue weighted by molar-refractivity contribution is -0.121. The fourth-order valence-electron chi connectivity index (χ4n) is 5.64. The number of nitrogens with zero attached hydrogens (tertiary/aromatic N) is 6. The first-order chi connectivity index (χ1) is 29.0. The van der Waals surface area contributed by atoms with Gasteiger partial charge in [-0.05, 0) is 75.7 Å². The first kappa shape index (κ1) is 49.3. The highest BCUT2D eigenvalue weighted by atomic mass is 31.2. The molecule has 0 radical (unpaired) electrons. The van der Waals surface area contributed by atoms with E-state index in [2.05, 4.69) is 93.1 Å². The smallest absolute Gasteiger partial charge is 0.413 e. The maximum Gasteiger partial charge on any atom is 0.458 e. The number of likely N-dealkylation sites (N-methyl/N-ethyl adjacent to an activating group) is 1. The molecule has 1 amide bonds. The second kappa shape index (κ2) is 27.6. The number of nitrogens with one attached hydrogen (secondary N) is 2. The van der Waals surface area contributed by atoms with Gasteiger partial charge in [-0.15, -0.1) is 0 Å². The van der Waals surface area contributed by atoms with Crippen molar-refractivity contribution >= 4 is 19.5 Å². The number of aromatic nitrogens is 2. The molecule has 0 saturated carbocycles. The topological polar surface area (TPSA) is 239 Å². The number of carbonyl (C=O) groups is 1. The normalized spacial score (nSPS) is 20.6. The van der Waals surface area contributed by atoms with Crippen molar-refractivity contribution in [2.24, 2.45) is 5.11 Å². The molecule has 0 aliphatic carbocycles. The van der Waals surface area contributed by atoms with Gasteiger partial charge in [-0.1, -0.05) is 103 Å². The lowest BCUT2D eigenvalue weighted by Crippen LogP contribution is -2.45. The molecule has 1 aromatic carbocycles. The van der Waals surface area contributed by atoms with Crippen molar-refractivity contribution in [3.8, 4) is 5.75 Å². The van der Waals surface area contributed by atoms with Gasteiger partial charge in [-0.25, -0.2) is 14.4 Å². The molecule has 18 heteroatoms. The predicted molar refractivity (Wildman–Crippen MR) is 234 cm³/mol. The van der Waals surface area contributed by atoms with Gasteiger partial charge in [0.05, 0.1) is 6.61 Å². The Labute approximate surface area is 352 Å². The number of aliphatic hydroxyl groups excluding tert-OH is 2. The number of amides is 1. The van der Waals surface area contributed by atoms with Gasteiger partial charge in [0.15, 0.2) is 6.23 Å². The van der Waals surface area contributed by atoms with E-state index in [-0.39, 0.29) is 24.0 Å². The van der Waals surface area contributed by atoms with Crippen LogP contribution in [0.3, 0.4) is 0 Å². The van der Waals surface area contributed by atoms with Crippen LogP contribution in [0.15, 0.2) is 125 Å². The Morgan fingerprint density at radius 1 is 0.983 bits per heavy atom. The molecule has 3 rings (SSSR count). The average molecular weight is 850 g/mol. The molecule has 0 spiro atoms. The van der Waals surface area contributed by atoms with Crippen LogP contribution in [0.1, 0.15) is 64.5 Å². The number of hydrogen-bond donors (Lipinski definition) is 5. The minimum atomic E-state index is -4.27. The molecule has 326 valence electrons. The molecular formula is C42H60N9O8P. The van der Waals surface area contributed by atoms with Crippen molar-refractivity contribution in [2.45, 2.75) is 82.5 Å². The number of aliphatic hydroxyl groups is 2. The predicted octanol–water partition coefficient (Wildman–Crippen LogP) is 6.40. The number of anilines is 1. The van der Waals surface area contributed by atoms with Crippen molar-refractivity contribution in [3.05, 3.63) is 136 Å². The number of azide groups is 1. The van der Waals surface area contributed by atoms with Crippen LogP contribution in [0, 0.1) is 0 Å². The summed E-state index contributed by atoms with van der Waals surface area (Å²) in [5, 5.41) is 31.0. The minimum absolute atomic E-state index is 0.0645. The SMILES string of the molecule is CC/C=C\C/C=C\C/C=C\C/C=C\C/C=C\C/C=C\CCC(=O)NCCN(C)CCNP(=O)(OC[C@@]1(N=[N+]=[N-])O[C@@H](n2ccc(N)nc2=O)[C@H](O)[C@@H]1O)Oc1ccccc1. The number of nitrogens with two attached hydrogens (primary N) is 1. The number of benzene rings is 1. The highest BCUT2D eigenvalue weighted by Gasteiger charge is 2.56. The second-order valence-corrected chi connectivity index (χ2v) is 15.5. The number of carbonyl (C=O) groups excluding carboxylic acids is 1. The largest absolute Gasteiger partial charge is 0.458 e. The van der Waals surface area contributed by atoms with Crippen LogP contribution in [0.4, 0.5) is 5.82 Å². The van der Waals surface area contributed by atoms with Gasteiger partial charge in [-0.2, -0.15) is 4.98 Å². The van der Waals surface area contributed by atoms with E-state index in [1.807, 2.05) is 24.1 Å². The Bertz CT molecular complexity index is 1930. The van der Waals surface area contributed by atoms with Gasteiger partial charge in [0, 0.05) is 43.7 Å². The van der Waals surface area contributed by atoms with Gasteiger partial charge >= 0.3 is 13.4 Å². The maximum atomic E-state index is 14.0. The highest BCUT2D eigenvalue weighted by molar-refractivity contribution is 7.52. The Balaban J connectivity index is 1.38. The van der Waals surface area contributed by atoms with E-state index in [4.69, 9.17) is 19.5 Å². The summed E-state index contributed by atoms with van der Waals surface area (Å²) in [5.74, 6) is 0.0454. The summed E-state index contributed by atoms with van der Waals surface area (Å²) >= 11 is 0. The summed E-state index contributed by atoms with van der Waals surface area (Å²) in [6, 6.07) is 9.45. The third-order valence-electron chi connectivity index (χ3n) is 8.90. The fraction of sp³-hybridized carbons (Fsp3) is 0.452. The fourth-order valence-corrected chi connectivity index (χ4v) is 6.98. The summed E-state index contributed by atoms with van der Waals surface area (Å²) in [6.45, 7) is 2.63. The zero-order valence-electron chi connectivity index (χ0n) is 34.4. The van der Waals surface area contributed by atoms with Crippen LogP contribution in [-0.2, 0) is 18.6 Å². The van der Waals surface area contributed by atoms with E-state index in [0.29, 0.717) is 32.5 Å². The minimum Gasteiger partial charge on any atom is -0.413 e. The maximum absolute atomic E-state index is 14.0. The van der Waals surface area contributed by atoms with E-state index in [1.54, 1.807) is 30.3 Å². The quantitative estimate of drug-likeness (QED) is 0.0206. The molecule has 1 aliphatic rings. The molecule has 2 heterocycles. The number of hydrogen-bond acceptors (Lipinski definition) is 12. The van der Waals surface area contributed by atoms with E-state index >= 15 is 0 Å². The van der Waals surface area contributed by atoms with Gasteiger partial charge in [0.25, 0.3) is 0 Å². The summed E-state index contributed by atoms with van der Waals surface area (Å²) in [6.07, 6.45) is 28.3. The van der Waals surface area contributed by atoms with E-state index in [0.717, 1.165) is 43.1 Å². The molecule has 17 nitrogen and oxygen atoms in total. The van der Waals surface area contributed by atoms with Crippen LogP contribution in [0.5, 0.6) is 5.75 Å². The number of rotatable bonds is 28. The highest BCUT2D eigenvalue weighted by Crippen LogP contribution is 2.47. The van der Waals surface area contributed by atoms with Crippen molar-refractivity contribution in [1.82, 2.24) is 24.9 Å². The molecule has 5 atom stereocenters. The standard InChI is InChI=1S/C42H60N9O8P/c1-3-4-5-6-7-8-9-10-11-12-13-14-15-16-17-18-19-20-24-27-37(52)45-29-32-50(2)33-30-46-60(56,59-35-25-22-21-23-26-35)57-34-42(48-49-44)39(54)38(53)40(58-42)51-31-28-36(43)47-41(51)55/h4-5,7-8,10-11,13-14,16-17,19-23,25-26,28,31,38-40,53-54H,3,6,9,12,15,18,24,27,29-30,32-34H2,1-2H3,(H,45,52)(H,46,56)(H2,43,47,55)/b5-4-,8-7-,11-10-,14-13-,17-16-,20-19-/t38-,39+,40-,42-,60?/m1/s1. The van der Waals surface area contributed by atoms with E-state index in [1.165, 1.54) is 12.3 Å². The molecule has 1 unspecified atom stereocenters. The van der Waals surface area contributed by atoms with E-state index < -0.39 is 44.2 Å². The Hall–Kier alpha value is -5.09. The second-order valence-electron chi connectivity index (χ2n) is 13.7. The van der Waals surface area contributed by atoms with Gasteiger partial charge in [0.1, 0.15) is 23.8 Å².